The van der Waals surface area contributed by atoms with E-state index in [9.17, 15) is 9.59 Å². The molecule has 0 aliphatic rings. The van der Waals surface area contributed by atoms with E-state index in [-0.39, 0.29) is 40.8 Å². The molecule has 0 heterocycles. The predicted molar refractivity (Wildman–Crippen MR) is 207 cm³/mol. The summed E-state index contributed by atoms with van der Waals surface area (Å²) in [5.74, 6) is -0.344. The van der Waals surface area contributed by atoms with E-state index in [0.29, 0.717) is 32.3 Å². The number of benzene rings is 3. The molecule has 0 aliphatic carbocycles. The van der Waals surface area contributed by atoms with E-state index in [2.05, 4.69) is 108 Å². The van der Waals surface area contributed by atoms with Crippen LogP contribution in [0.15, 0.2) is 116 Å². The topological polar surface area (TPSA) is 55.8 Å². The van der Waals surface area contributed by atoms with Gasteiger partial charge in [0.15, 0.2) is 0 Å². The molecule has 0 aliphatic heterocycles. The summed E-state index contributed by atoms with van der Waals surface area (Å²) >= 11 is 0. The molecular weight excluding hydrogens is 623 g/mol. The Balaban J connectivity index is 1.83. The van der Waals surface area contributed by atoms with E-state index in [1.54, 1.807) is 11.9 Å². The molecule has 0 saturated heterocycles. The summed E-state index contributed by atoms with van der Waals surface area (Å²) in [7, 11) is -0.953. The van der Waals surface area contributed by atoms with Gasteiger partial charge in [-0.15, -0.1) is 13.2 Å². The van der Waals surface area contributed by atoms with Crippen molar-refractivity contribution in [2.45, 2.75) is 90.8 Å². The van der Waals surface area contributed by atoms with E-state index in [0.717, 1.165) is 12.0 Å². The van der Waals surface area contributed by atoms with Gasteiger partial charge >= 0.3 is 5.97 Å². The molecule has 0 fully saturated rings. The SMILES string of the molecule is C=C[C@@H](C)C[C@@H](CCCO[Si](c1ccccc1)(c1ccccc1)C(C)(C)C)OC(=O)[C@H](Cc1ccccc1)N(C)C(=O)[C@H](C)C[C@H](C)C=C. The van der Waals surface area contributed by atoms with Crippen molar-refractivity contribution in [2.75, 3.05) is 13.7 Å². The Kier molecular flexibility index (Phi) is 15.3. The second-order valence-corrected chi connectivity index (χ2v) is 19.0. The summed E-state index contributed by atoms with van der Waals surface area (Å²) in [5, 5.41) is 2.36. The minimum atomic E-state index is -2.68. The molecule has 0 N–H and O–H groups in total. The molecule has 0 unspecified atom stereocenters. The Morgan fingerprint density at radius 1 is 0.796 bits per heavy atom. The molecule has 0 aromatic heterocycles. The van der Waals surface area contributed by atoms with Crippen molar-refractivity contribution < 1.29 is 18.8 Å². The molecule has 0 radical (unpaired) electrons. The zero-order valence-corrected chi connectivity index (χ0v) is 31.9. The third-order valence-electron chi connectivity index (χ3n) is 9.63. The van der Waals surface area contributed by atoms with Crippen molar-refractivity contribution in [2.24, 2.45) is 17.8 Å². The van der Waals surface area contributed by atoms with Crippen LogP contribution in [0.25, 0.3) is 0 Å². The second kappa shape index (κ2) is 18.9. The normalized spacial score (nSPS) is 14.9. The Morgan fingerprint density at radius 2 is 1.29 bits per heavy atom. The monoisotopic (exact) mass is 681 g/mol. The molecule has 5 atom stereocenters. The number of carbonyl (C=O) groups excluding carboxylic acids is 2. The minimum Gasteiger partial charge on any atom is -0.461 e. The van der Waals surface area contributed by atoms with E-state index in [4.69, 9.17) is 9.16 Å². The van der Waals surface area contributed by atoms with Crippen LogP contribution < -0.4 is 10.4 Å². The highest BCUT2D eigenvalue weighted by atomic mass is 28.4. The number of allylic oxidation sites excluding steroid dienone is 2. The molecule has 5 nitrogen and oxygen atoms in total. The third-order valence-corrected chi connectivity index (χ3v) is 14.7. The number of rotatable bonds is 19. The lowest BCUT2D eigenvalue weighted by Gasteiger charge is -2.43. The molecule has 264 valence electrons. The highest BCUT2D eigenvalue weighted by Gasteiger charge is 2.50. The largest absolute Gasteiger partial charge is 0.461 e. The number of carbonyl (C=O) groups is 2. The fourth-order valence-electron chi connectivity index (χ4n) is 6.75. The van der Waals surface area contributed by atoms with Crippen molar-refractivity contribution in [3.63, 3.8) is 0 Å². The first kappa shape index (κ1) is 39.7. The van der Waals surface area contributed by atoms with Crippen molar-refractivity contribution >= 4 is 30.6 Å². The molecule has 3 rings (SSSR count). The average molecular weight is 682 g/mol. The highest BCUT2D eigenvalue weighted by molar-refractivity contribution is 6.99. The summed E-state index contributed by atoms with van der Waals surface area (Å²) in [5.41, 5.74) is 0.978. The van der Waals surface area contributed by atoms with Gasteiger partial charge < -0.3 is 14.1 Å². The van der Waals surface area contributed by atoms with Crippen molar-refractivity contribution in [3.05, 3.63) is 122 Å². The Labute approximate surface area is 297 Å². The summed E-state index contributed by atoms with van der Waals surface area (Å²) in [6.07, 6.45) is 6.49. The first-order valence-corrected chi connectivity index (χ1v) is 19.8. The highest BCUT2D eigenvalue weighted by Crippen LogP contribution is 2.37. The van der Waals surface area contributed by atoms with Gasteiger partial charge in [-0.25, -0.2) is 4.79 Å². The molecule has 3 aromatic rings. The van der Waals surface area contributed by atoms with Gasteiger partial charge in [0.25, 0.3) is 8.32 Å². The summed E-state index contributed by atoms with van der Waals surface area (Å²) < 4.78 is 13.5. The van der Waals surface area contributed by atoms with Gasteiger partial charge in [-0.2, -0.15) is 0 Å². The molecule has 6 heteroatoms. The van der Waals surface area contributed by atoms with Crippen LogP contribution >= 0.6 is 0 Å². The smallest absolute Gasteiger partial charge is 0.329 e. The molecular formula is C43H59NO4Si. The van der Waals surface area contributed by atoms with Crippen LogP contribution in [0.2, 0.25) is 5.04 Å². The maximum Gasteiger partial charge on any atom is 0.329 e. The zero-order valence-electron chi connectivity index (χ0n) is 30.9. The Morgan fingerprint density at radius 3 is 1.78 bits per heavy atom. The van der Waals surface area contributed by atoms with Crippen LogP contribution in [0.1, 0.15) is 72.8 Å². The van der Waals surface area contributed by atoms with Crippen LogP contribution in [-0.2, 0) is 25.2 Å². The lowest BCUT2D eigenvalue weighted by Crippen LogP contribution is -2.66. The number of hydrogen-bond acceptors (Lipinski definition) is 4. The van der Waals surface area contributed by atoms with E-state index >= 15 is 0 Å². The van der Waals surface area contributed by atoms with E-state index < -0.39 is 14.4 Å². The first-order valence-electron chi connectivity index (χ1n) is 17.8. The molecule has 0 spiro atoms. The molecule has 0 saturated carbocycles. The van der Waals surface area contributed by atoms with Gasteiger partial charge in [0.1, 0.15) is 12.1 Å². The zero-order chi connectivity index (χ0) is 36.0. The standard InChI is InChI=1S/C43H59NO4Si/c1-10-33(3)30-35(5)41(45)44(9)40(32-36-22-15-12-16-23-36)42(46)48-37(31-34(4)11-2)24-21-29-47-49(43(6,7)8,38-25-17-13-18-26-38)39-27-19-14-20-28-39/h10-20,22-23,25-28,33-35,37,40H,1-2,21,24,29-32H2,3-9H3/t33-,34-,35-,37-,40+/m1/s1. The average Bonchev–Trinajstić information content (AvgIpc) is 3.10. The van der Waals surface area contributed by atoms with Crippen molar-refractivity contribution in [1.82, 2.24) is 4.90 Å². The maximum absolute atomic E-state index is 14.1. The second-order valence-electron chi connectivity index (χ2n) is 14.7. The quantitative estimate of drug-likeness (QED) is 0.0552. The third kappa shape index (κ3) is 10.9. The van der Waals surface area contributed by atoms with Crippen molar-refractivity contribution in [1.29, 1.82) is 0 Å². The van der Waals surface area contributed by atoms with Crippen LogP contribution in [0.3, 0.4) is 0 Å². The number of likely N-dealkylation sites (N-methyl/N-ethyl adjacent to an activating group) is 1. The number of ether oxygens (including phenoxy) is 1. The van der Waals surface area contributed by atoms with Crippen molar-refractivity contribution in [3.8, 4) is 0 Å². The van der Waals surface area contributed by atoms with Crippen LogP contribution in [0, 0.1) is 17.8 Å². The number of hydrogen-bond donors (Lipinski definition) is 0. The van der Waals surface area contributed by atoms with E-state index in [1.807, 2.05) is 49.4 Å². The first-order chi connectivity index (χ1) is 23.3. The molecule has 0 bridgehead atoms. The van der Waals surface area contributed by atoms with Gasteiger partial charge in [0.2, 0.25) is 5.91 Å². The fraction of sp³-hybridized carbons (Fsp3) is 0.442. The Hall–Kier alpha value is -3.74. The number of nitrogens with zero attached hydrogens (tertiary/aromatic N) is 1. The van der Waals surface area contributed by atoms with E-state index in [1.165, 1.54) is 10.4 Å². The van der Waals surface area contributed by atoms with Gasteiger partial charge in [0.05, 0.1) is 0 Å². The van der Waals surface area contributed by atoms with Gasteiger partial charge in [-0.1, -0.05) is 145 Å². The molecule has 1 amide bonds. The molecule has 3 aromatic carbocycles. The summed E-state index contributed by atoms with van der Waals surface area (Å²) in [4.78, 5) is 29.3. The minimum absolute atomic E-state index is 0.0682. The summed E-state index contributed by atoms with van der Waals surface area (Å²) in [6.45, 7) is 21.3. The van der Waals surface area contributed by atoms with Crippen LogP contribution in [0.5, 0.6) is 0 Å². The Bertz CT molecular complexity index is 1410. The van der Waals surface area contributed by atoms with Gasteiger partial charge in [0, 0.05) is 26.0 Å². The van der Waals surface area contributed by atoms with Gasteiger partial charge in [-0.05, 0) is 58.5 Å². The molecule has 49 heavy (non-hydrogen) atoms. The maximum atomic E-state index is 14.1. The number of amides is 1. The van der Waals surface area contributed by atoms with Crippen LogP contribution in [0.4, 0.5) is 0 Å². The lowest BCUT2D eigenvalue weighted by atomic mass is 9.95. The van der Waals surface area contributed by atoms with Crippen LogP contribution in [-0.4, -0.2) is 50.9 Å². The number of esters is 1. The lowest BCUT2D eigenvalue weighted by molar-refractivity contribution is -0.160. The van der Waals surface area contributed by atoms with Gasteiger partial charge in [-0.3, -0.25) is 4.79 Å². The summed E-state index contributed by atoms with van der Waals surface area (Å²) in [6, 6.07) is 30.4. The predicted octanol–water partition coefficient (Wildman–Crippen LogP) is 8.39. The fourth-order valence-corrected chi connectivity index (χ4v) is 11.4.